The quantitative estimate of drug-likeness (QED) is 0.866. The summed E-state index contributed by atoms with van der Waals surface area (Å²) in [7, 11) is 0. The zero-order valence-corrected chi connectivity index (χ0v) is 11.2. The molecule has 100 valence electrons. The van der Waals surface area contributed by atoms with Crippen molar-refractivity contribution in [2.75, 3.05) is 13.2 Å². The van der Waals surface area contributed by atoms with Crippen molar-refractivity contribution in [3.63, 3.8) is 0 Å². The Morgan fingerprint density at radius 1 is 1.50 bits per heavy atom. The molecule has 0 fully saturated rings. The van der Waals surface area contributed by atoms with Crippen molar-refractivity contribution in [1.29, 1.82) is 0 Å². The fourth-order valence-electron chi connectivity index (χ4n) is 1.45. The van der Waals surface area contributed by atoms with Gasteiger partial charge in [-0.15, -0.1) is 0 Å². The number of hydrogen-bond acceptors (Lipinski definition) is 2. The number of nitrogens with one attached hydrogen (secondary N) is 1. The van der Waals surface area contributed by atoms with E-state index in [2.05, 4.69) is 5.32 Å². The van der Waals surface area contributed by atoms with Crippen LogP contribution in [0.1, 0.15) is 30.6 Å². The van der Waals surface area contributed by atoms with Gasteiger partial charge in [-0.25, -0.2) is 4.39 Å². The van der Waals surface area contributed by atoms with Crippen LogP contribution in [0, 0.1) is 11.2 Å². The van der Waals surface area contributed by atoms with Crippen LogP contribution in [0.4, 0.5) is 4.39 Å². The van der Waals surface area contributed by atoms with Gasteiger partial charge >= 0.3 is 0 Å². The summed E-state index contributed by atoms with van der Waals surface area (Å²) < 4.78 is 12.9. The second-order valence-electron chi connectivity index (χ2n) is 4.95. The summed E-state index contributed by atoms with van der Waals surface area (Å²) in [6, 6.07) is 3.84. The average Bonchev–Trinajstić information content (AvgIpc) is 2.30. The molecular weight excluding hydrogens is 257 g/mol. The summed E-state index contributed by atoms with van der Waals surface area (Å²) in [5, 5.41) is 11.5. The predicted molar refractivity (Wildman–Crippen MR) is 69.2 cm³/mol. The van der Waals surface area contributed by atoms with Crippen LogP contribution in [0.2, 0.25) is 5.02 Å². The third-order valence-corrected chi connectivity index (χ3v) is 2.99. The van der Waals surface area contributed by atoms with Crippen molar-refractivity contribution in [3.05, 3.63) is 34.6 Å². The van der Waals surface area contributed by atoms with Crippen LogP contribution >= 0.6 is 11.6 Å². The molecule has 0 aliphatic heterocycles. The Balaban J connectivity index is 2.63. The normalized spacial score (nSPS) is 11.4. The predicted octanol–water partition coefficient (Wildman–Crippen LogP) is 2.62. The average molecular weight is 274 g/mol. The molecule has 0 aliphatic carbocycles. The van der Waals surface area contributed by atoms with E-state index in [1.54, 1.807) is 0 Å². The van der Waals surface area contributed by atoms with Gasteiger partial charge in [0, 0.05) is 18.7 Å². The van der Waals surface area contributed by atoms with Crippen molar-refractivity contribution in [3.8, 4) is 0 Å². The van der Waals surface area contributed by atoms with E-state index >= 15 is 0 Å². The number of aliphatic hydroxyl groups excluding tert-OH is 1. The molecule has 2 N–H and O–H groups in total. The molecule has 0 aliphatic rings. The van der Waals surface area contributed by atoms with Gasteiger partial charge in [0.25, 0.3) is 5.91 Å². The minimum Gasteiger partial charge on any atom is -0.396 e. The number of benzene rings is 1. The molecule has 0 saturated heterocycles. The summed E-state index contributed by atoms with van der Waals surface area (Å²) in [6.45, 7) is 4.40. The SMILES string of the molecule is CC(C)(CCO)CNC(=O)c1ccc(F)c(Cl)c1. The van der Waals surface area contributed by atoms with Crippen LogP contribution in [0.5, 0.6) is 0 Å². The van der Waals surface area contributed by atoms with Crippen LogP contribution in [0.25, 0.3) is 0 Å². The van der Waals surface area contributed by atoms with Crippen molar-refractivity contribution in [1.82, 2.24) is 5.32 Å². The fraction of sp³-hybridized carbons (Fsp3) is 0.462. The van der Waals surface area contributed by atoms with E-state index in [0.29, 0.717) is 18.5 Å². The molecule has 0 aromatic heterocycles. The number of carbonyl (C=O) groups is 1. The minimum atomic E-state index is -0.547. The molecule has 3 nitrogen and oxygen atoms in total. The lowest BCUT2D eigenvalue weighted by Gasteiger charge is -2.23. The first-order valence-electron chi connectivity index (χ1n) is 5.70. The molecule has 0 atom stereocenters. The van der Waals surface area contributed by atoms with E-state index < -0.39 is 5.82 Å². The minimum absolute atomic E-state index is 0.0720. The number of amides is 1. The van der Waals surface area contributed by atoms with Gasteiger partial charge < -0.3 is 10.4 Å². The Labute approximate surface area is 111 Å². The van der Waals surface area contributed by atoms with E-state index in [1.807, 2.05) is 13.8 Å². The Kier molecular flexibility index (Phi) is 5.11. The van der Waals surface area contributed by atoms with E-state index in [0.717, 1.165) is 6.07 Å². The standard InChI is InChI=1S/C13H17ClFNO2/c1-13(2,5-6-17)8-16-12(18)9-3-4-11(15)10(14)7-9/h3-4,7,17H,5-6,8H2,1-2H3,(H,16,18). The van der Waals surface area contributed by atoms with Gasteiger partial charge in [0.05, 0.1) is 5.02 Å². The smallest absolute Gasteiger partial charge is 0.251 e. The Bertz CT molecular complexity index is 435. The Morgan fingerprint density at radius 2 is 2.17 bits per heavy atom. The van der Waals surface area contributed by atoms with E-state index in [-0.39, 0.29) is 23.0 Å². The van der Waals surface area contributed by atoms with Gasteiger partial charge in [-0.05, 0) is 30.0 Å². The summed E-state index contributed by atoms with van der Waals surface area (Å²) in [5.74, 6) is -0.850. The van der Waals surface area contributed by atoms with Gasteiger partial charge in [0.15, 0.2) is 0 Å². The van der Waals surface area contributed by atoms with E-state index in [4.69, 9.17) is 16.7 Å². The molecule has 0 radical (unpaired) electrons. The summed E-state index contributed by atoms with van der Waals surface area (Å²) >= 11 is 5.61. The fourth-order valence-corrected chi connectivity index (χ4v) is 1.63. The third-order valence-electron chi connectivity index (χ3n) is 2.70. The zero-order valence-electron chi connectivity index (χ0n) is 10.5. The third kappa shape index (κ3) is 4.27. The molecule has 0 spiro atoms. The number of carbonyl (C=O) groups excluding carboxylic acids is 1. The molecule has 18 heavy (non-hydrogen) atoms. The first-order valence-corrected chi connectivity index (χ1v) is 6.07. The largest absolute Gasteiger partial charge is 0.396 e. The number of rotatable bonds is 5. The molecular formula is C13H17ClFNO2. The van der Waals surface area contributed by atoms with Crippen molar-refractivity contribution < 1.29 is 14.3 Å². The van der Waals surface area contributed by atoms with Gasteiger partial charge in [-0.3, -0.25) is 4.79 Å². The lowest BCUT2D eigenvalue weighted by atomic mass is 9.89. The van der Waals surface area contributed by atoms with Gasteiger partial charge in [0.2, 0.25) is 0 Å². The summed E-state index contributed by atoms with van der Waals surface area (Å²) in [4.78, 5) is 11.8. The maximum atomic E-state index is 12.9. The number of aliphatic hydroxyl groups is 1. The molecule has 1 rings (SSSR count). The van der Waals surface area contributed by atoms with Crippen LogP contribution in [0.3, 0.4) is 0 Å². The van der Waals surface area contributed by atoms with Crippen LogP contribution in [0.15, 0.2) is 18.2 Å². The molecule has 1 aromatic carbocycles. The maximum absolute atomic E-state index is 12.9. The van der Waals surface area contributed by atoms with Crippen LogP contribution in [-0.2, 0) is 0 Å². The molecule has 1 aromatic rings. The van der Waals surface area contributed by atoms with Crippen LogP contribution < -0.4 is 5.32 Å². The summed E-state index contributed by atoms with van der Waals surface area (Å²) in [6.07, 6.45) is 0.595. The number of halogens is 2. The zero-order chi connectivity index (χ0) is 13.8. The van der Waals surface area contributed by atoms with Crippen molar-refractivity contribution >= 4 is 17.5 Å². The van der Waals surface area contributed by atoms with Crippen molar-refractivity contribution in [2.45, 2.75) is 20.3 Å². The first kappa shape index (κ1) is 14.9. The van der Waals surface area contributed by atoms with E-state index in [9.17, 15) is 9.18 Å². The second-order valence-corrected chi connectivity index (χ2v) is 5.36. The molecule has 1 amide bonds. The topological polar surface area (TPSA) is 49.3 Å². The molecule has 0 saturated carbocycles. The Hall–Kier alpha value is -1.13. The number of hydrogen-bond donors (Lipinski definition) is 2. The van der Waals surface area contributed by atoms with Gasteiger partial charge in [-0.2, -0.15) is 0 Å². The highest BCUT2D eigenvalue weighted by Crippen LogP contribution is 2.19. The molecule has 5 heteroatoms. The Morgan fingerprint density at radius 3 is 2.72 bits per heavy atom. The molecule has 0 bridgehead atoms. The molecule has 0 unspecified atom stereocenters. The summed E-state index contributed by atoms with van der Waals surface area (Å²) in [5.41, 5.74) is 0.134. The van der Waals surface area contributed by atoms with Crippen molar-refractivity contribution in [2.24, 2.45) is 5.41 Å². The monoisotopic (exact) mass is 273 g/mol. The lowest BCUT2D eigenvalue weighted by Crippen LogP contribution is -2.34. The van der Waals surface area contributed by atoms with Crippen LogP contribution in [-0.4, -0.2) is 24.2 Å². The van der Waals surface area contributed by atoms with E-state index in [1.165, 1.54) is 12.1 Å². The first-order chi connectivity index (χ1) is 8.35. The molecule has 0 heterocycles. The lowest BCUT2D eigenvalue weighted by molar-refractivity contribution is 0.0928. The van der Waals surface area contributed by atoms with Gasteiger partial charge in [-0.1, -0.05) is 25.4 Å². The van der Waals surface area contributed by atoms with Gasteiger partial charge in [0.1, 0.15) is 5.82 Å². The maximum Gasteiger partial charge on any atom is 0.251 e. The second kappa shape index (κ2) is 6.16. The highest BCUT2D eigenvalue weighted by Gasteiger charge is 2.18. The highest BCUT2D eigenvalue weighted by atomic mass is 35.5. The highest BCUT2D eigenvalue weighted by molar-refractivity contribution is 6.31.